The van der Waals surface area contributed by atoms with E-state index in [0.29, 0.717) is 44.0 Å². The molecular weight excluding hydrogens is 427 g/mol. The molecule has 3 aromatic rings. The Balaban J connectivity index is 1.67. The summed E-state index contributed by atoms with van der Waals surface area (Å²) in [7, 11) is 3.06. The summed E-state index contributed by atoms with van der Waals surface area (Å²) in [4.78, 5) is 24.9. The zero-order valence-electron chi connectivity index (χ0n) is 16.2. The summed E-state index contributed by atoms with van der Waals surface area (Å²) in [5, 5.41) is 6.27. The first-order chi connectivity index (χ1) is 14.4. The Morgan fingerprint density at radius 1 is 0.667 bits per heavy atom. The molecule has 0 bridgehead atoms. The second kappa shape index (κ2) is 9.52. The van der Waals surface area contributed by atoms with Crippen LogP contribution in [-0.2, 0) is 0 Å². The molecule has 0 heterocycles. The molecule has 0 aliphatic rings. The van der Waals surface area contributed by atoms with Crippen molar-refractivity contribution in [2.45, 2.75) is 0 Å². The summed E-state index contributed by atoms with van der Waals surface area (Å²) >= 11 is 11.9. The highest BCUT2D eigenvalue weighted by atomic mass is 35.5. The van der Waals surface area contributed by atoms with E-state index in [1.807, 2.05) is 0 Å². The van der Waals surface area contributed by atoms with Gasteiger partial charge in [-0.3, -0.25) is 9.59 Å². The predicted octanol–water partition coefficient (Wildman–Crippen LogP) is 5.52. The standard InChI is InChI=1S/C22H18Cl2N2O4/c1-29-19-8-7-18(12-20(19)30-2)26-21(27)13-3-5-17(6-4-13)25-22(28)14-9-15(23)11-16(24)10-14/h3-12H,1-2H3,(H,25,28)(H,26,27). The fourth-order valence-electron chi connectivity index (χ4n) is 2.71. The Bertz CT molecular complexity index is 1060. The summed E-state index contributed by atoms with van der Waals surface area (Å²) < 4.78 is 10.4. The minimum Gasteiger partial charge on any atom is -0.493 e. The van der Waals surface area contributed by atoms with E-state index in [0.717, 1.165) is 0 Å². The van der Waals surface area contributed by atoms with Gasteiger partial charge in [-0.05, 0) is 54.6 Å². The second-order valence-electron chi connectivity index (χ2n) is 6.21. The van der Waals surface area contributed by atoms with Crippen LogP contribution in [0.2, 0.25) is 10.0 Å². The van der Waals surface area contributed by atoms with Crippen molar-refractivity contribution in [3.63, 3.8) is 0 Å². The van der Waals surface area contributed by atoms with Gasteiger partial charge < -0.3 is 20.1 Å². The summed E-state index contributed by atoms with van der Waals surface area (Å²) in [6.07, 6.45) is 0. The van der Waals surface area contributed by atoms with Crippen molar-refractivity contribution in [2.75, 3.05) is 24.9 Å². The Labute approximate surface area is 183 Å². The lowest BCUT2D eigenvalue weighted by Gasteiger charge is -2.11. The van der Waals surface area contributed by atoms with Gasteiger partial charge in [0.25, 0.3) is 11.8 Å². The Hall–Kier alpha value is -3.22. The van der Waals surface area contributed by atoms with Gasteiger partial charge in [0.15, 0.2) is 11.5 Å². The molecule has 3 rings (SSSR count). The smallest absolute Gasteiger partial charge is 0.255 e. The molecule has 0 unspecified atom stereocenters. The van der Waals surface area contributed by atoms with Crippen LogP contribution >= 0.6 is 23.2 Å². The third-order valence-electron chi connectivity index (χ3n) is 4.17. The minimum absolute atomic E-state index is 0.304. The largest absolute Gasteiger partial charge is 0.493 e. The SMILES string of the molecule is COc1ccc(NC(=O)c2ccc(NC(=O)c3cc(Cl)cc(Cl)c3)cc2)cc1OC. The van der Waals surface area contributed by atoms with E-state index in [1.54, 1.807) is 48.5 Å². The average molecular weight is 445 g/mol. The van der Waals surface area contributed by atoms with Crippen molar-refractivity contribution in [1.82, 2.24) is 0 Å². The molecule has 0 aliphatic carbocycles. The lowest BCUT2D eigenvalue weighted by Crippen LogP contribution is -2.14. The van der Waals surface area contributed by atoms with Crippen molar-refractivity contribution in [3.05, 3.63) is 81.8 Å². The molecule has 154 valence electrons. The highest BCUT2D eigenvalue weighted by Crippen LogP contribution is 2.30. The van der Waals surface area contributed by atoms with Gasteiger partial charge in [-0.2, -0.15) is 0 Å². The fourth-order valence-corrected chi connectivity index (χ4v) is 3.24. The maximum Gasteiger partial charge on any atom is 0.255 e. The molecular formula is C22H18Cl2N2O4. The molecule has 0 saturated heterocycles. The maximum absolute atomic E-state index is 12.5. The number of nitrogens with one attached hydrogen (secondary N) is 2. The average Bonchev–Trinajstić information content (AvgIpc) is 2.73. The van der Waals surface area contributed by atoms with Crippen LogP contribution in [0.4, 0.5) is 11.4 Å². The Morgan fingerprint density at radius 3 is 1.80 bits per heavy atom. The Kier molecular flexibility index (Phi) is 6.82. The van der Waals surface area contributed by atoms with Crippen molar-refractivity contribution >= 4 is 46.4 Å². The normalized spacial score (nSPS) is 10.3. The van der Waals surface area contributed by atoms with Gasteiger partial charge in [-0.1, -0.05) is 23.2 Å². The number of halogens is 2. The number of methoxy groups -OCH3 is 2. The molecule has 2 amide bonds. The van der Waals surface area contributed by atoms with Gasteiger partial charge in [-0.15, -0.1) is 0 Å². The number of benzene rings is 3. The first-order valence-electron chi connectivity index (χ1n) is 8.80. The molecule has 30 heavy (non-hydrogen) atoms. The molecule has 2 N–H and O–H groups in total. The lowest BCUT2D eigenvalue weighted by molar-refractivity contribution is 0.102. The molecule has 0 atom stereocenters. The van der Waals surface area contributed by atoms with Crippen LogP contribution in [0.3, 0.4) is 0 Å². The highest BCUT2D eigenvalue weighted by Gasteiger charge is 2.11. The molecule has 3 aromatic carbocycles. The van der Waals surface area contributed by atoms with Crippen molar-refractivity contribution < 1.29 is 19.1 Å². The monoisotopic (exact) mass is 444 g/mol. The number of carbonyl (C=O) groups is 2. The maximum atomic E-state index is 12.5. The van der Waals surface area contributed by atoms with Crippen LogP contribution < -0.4 is 20.1 Å². The number of hydrogen-bond donors (Lipinski definition) is 2. The predicted molar refractivity (Wildman–Crippen MR) is 118 cm³/mol. The molecule has 8 heteroatoms. The summed E-state index contributed by atoms with van der Waals surface area (Å²) in [6.45, 7) is 0. The van der Waals surface area contributed by atoms with E-state index in [4.69, 9.17) is 32.7 Å². The zero-order chi connectivity index (χ0) is 21.7. The second-order valence-corrected chi connectivity index (χ2v) is 7.09. The highest BCUT2D eigenvalue weighted by molar-refractivity contribution is 6.35. The third kappa shape index (κ3) is 5.23. The van der Waals surface area contributed by atoms with Crippen LogP contribution in [0.15, 0.2) is 60.7 Å². The zero-order valence-corrected chi connectivity index (χ0v) is 17.7. The Morgan fingerprint density at radius 2 is 1.20 bits per heavy atom. The van der Waals surface area contributed by atoms with Crippen LogP contribution in [0.1, 0.15) is 20.7 Å². The summed E-state index contributed by atoms with van der Waals surface area (Å²) in [6, 6.07) is 16.2. The number of rotatable bonds is 6. The van der Waals surface area contributed by atoms with Gasteiger partial charge in [0.1, 0.15) is 0 Å². The summed E-state index contributed by atoms with van der Waals surface area (Å²) in [5.41, 5.74) is 1.85. The molecule has 0 aromatic heterocycles. The van der Waals surface area contributed by atoms with Gasteiger partial charge in [-0.25, -0.2) is 0 Å². The molecule has 0 spiro atoms. The molecule has 0 radical (unpaired) electrons. The number of amides is 2. The topological polar surface area (TPSA) is 76.7 Å². The van der Waals surface area contributed by atoms with E-state index in [9.17, 15) is 9.59 Å². The van der Waals surface area contributed by atoms with E-state index in [-0.39, 0.29) is 11.8 Å². The van der Waals surface area contributed by atoms with Crippen LogP contribution in [0.5, 0.6) is 11.5 Å². The number of hydrogen-bond acceptors (Lipinski definition) is 4. The third-order valence-corrected chi connectivity index (χ3v) is 4.61. The van der Waals surface area contributed by atoms with E-state index in [1.165, 1.54) is 26.4 Å². The molecule has 0 aliphatic heterocycles. The minimum atomic E-state index is -0.359. The lowest BCUT2D eigenvalue weighted by atomic mass is 10.1. The van der Waals surface area contributed by atoms with Crippen molar-refractivity contribution in [1.29, 1.82) is 0 Å². The fraction of sp³-hybridized carbons (Fsp3) is 0.0909. The van der Waals surface area contributed by atoms with E-state index in [2.05, 4.69) is 10.6 Å². The van der Waals surface area contributed by atoms with Crippen molar-refractivity contribution in [2.24, 2.45) is 0 Å². The molecule has 6 nitrogen and oxygen atoms in total. The molecule has 0 saturated carbocycles. The molecule has 0 fully saturated rings. The van der Waals surface area contributed by atoms with Crippen LogP contribution in [0.25, 0.3) is 0 Å². The van der Waals surface area contributed by atoms with Crippen molar-refractivity contribution in [3.8, 4) is 11.5 Å². The number of ether oxygens (including phenoxy) is 2. The first kappa shape index (κ1) is 21.5. The van der Waals surface area contributed by atoms with E-state index >= 15 is 0 Å². The van der Waals surface area contributed by atoms with Gasteiger partial charge >= 0.3 is 0 Å². The van der Waals surface area contributed by atoms with Gasteiger partial charge in [0, 0.05) is 38.6 Å². The summed E-state index contributed by atoms with van der Waals surface area (Å²) in [5.74, 6) is 0.412. The van der Waals surface area contributed by atoms with Gasteiger partial charge in [0.05, 0.1) is 14.2 Å². The van der Waals surface area contributed by atoms with E-state index < -0.39 is 0 Å². The first-order valence-corrected chi connectivity index (χ1v) is 9.56. The number of carbonyl (C=O) groups excluding carboxylic acids is 2. The van der Waals surface area contributed by atoms with Crippen LogP contribution in [-0.4, -0.2) is 26.0 Å². The van der Waals surface area contributed by atoms with Gasteiger partial charge in [0.2, 0.25) is 0 Å². The quantitative estimate of drug-likeness (QED) is 0.524. The number of anilines is 2. The van der Waals surface area contributed by atoms with Crippen LogP contribution in [0, 0.1) is 0 Å².